The highest BCUT2D eigenvalue weighted by molar-refractivity contribution is 4.74. The van der Waals surface area contributed by atoms with Crippen LogP contribution in [0.1, 0.15) is 46.5 Å². The van der Waals surface area contributed by atoms with Gasteiger partial charge < -0.3 is 20.3 Å². The largest absolute Gasteiger partial charge is 0.346 e. The number of nitrogens with two attached hydrogens (primary N) is 1. The normalized spacial score (nSPS) is 30.2. The molecule has 15 heavy (non-hydrogen) atoms. The Labute approximate surface area is 91.7 Å². The number of aliphatic hydroxyl groups excluding tert-OH is 1. The summed E-state index contributed by atoms with van der Waals surface area (Å²) in [4.78, 5) is 0. The third-order valence-corrected chi connectivity index (χ3v) is 2.48. The Kier molecular flexibility index (Phi) is 4.52. The number of ether oxygens (including phenoxy) is 2. The molecular weight excluding hydrogens is 194 g/mol. The molecule has 0 saturated heterocycles. The summed E-state index contributed by atoms with van der Waals surface area (Å²) in [6, 6.07) is 0.297. The number of aliphatic hydroxyl groups is 1. The standard InChI is InChI=1S/C11H23NO3/c1-11(2,3)15-10(13)14-9-6-4-8(12)5-7-9/h8-10,13H,4-7,12H2,1-3H3/t8-,9-,10?. The molecule has 0 aromatic rings. The van der Waals surface area contributed by atoms with E-state index in [1.54, 1.807) is 0 Å². The highest BCUT2D eigenvalue weighted by atomic mass is 16.8. The minimum absolute atomic E-state index is 0.0853. The van der Waals surface area contributed by atoms with Crippen LogP contribution < -0.4 is 5.73 Å². The van der Waals surface area contributed by atoms with Crippen molar-refractivity contribution in [2.75, 3.05) is 0 Å². The summed E-state index contributed by atoms with van der Waals surface area (Å²) >= 11 is 0. The van der Waals surface area contributed by atoms with Gasteiger partial charge in [-0.15, -0.1) is 0 Å². The highest BCUT2D eigenvalue weighted by Gasteiger charge is 2.24. The molecule has 3 N–H and O–H groups in total. The molecule has 4 nitrogen and oxygen atoms in total. The number of rotatable bonds is 3. The Morgan fingerprint density at radius 1 is 1.20 bits per heavy atom. The van der Waals surface area contributed by atoms with Gasteiger partial charge in [-0.3, -0.25) is 0 Å². The Hall–Kier alpha value is -0.160. The second-order valence-electron chi connectivity index (χ2n) is 5.21. The first-order chi connectivity index (χ1) is 6.87. The van der Waals surface area contributed by atoms with Crippen molar-refractivity contribution in [3.8, 4) is 0 Å². The lowest BCUT2D eigenvalue weighted by Gasteiger charge is -2.30. The summed E-state index contributed by atoms with van der Waals surface area (Å²) in [6.07, 6.45) is 3.83. The zero-order chi connectivity index (χ0) is 11.5. The van der Waals surface area contributed by atoms with Gasteiger partial charge in [-0.05, 0) is 46.5 Å². The predicted octanol–water partition coefficient (Wildman–Crippen LogP) is 1.36. The lowest BCUT2D eigenvalue weighted by molar-refractivity contribution is -0.315. The highest BCUT2D eigenvalue weighted by Crippen LogP contribution is 2.22. The van der Waals surface area contributed by atoms with E-state index in [0.29, 0.717) is 6.04 Å². The lowest BCUT2D eigenvalue weighted by Crippen LogP contribution is -2.36. The van der Waals surface area contributed by atoms with Crippen molar-refractivity contribution in [2.24, 2.45) is 5.73 Å². The molecule has 0 radical (unpaired) electrons. The topological polar surface area (TPSA) is 64.7 Å². The summed E-state index contributed by atoms with van der Waals surface area (Å²) in [6.45, 7) is 4.53. The fourth-order valence-corrected chi connectivity index (χ4v) is 1.72. The first-order valence-electron chi connectivity index (χ1n) is 5.64. The quantitative estimate of drug-likeness (QED) is 0.701. The van der Waals surface area contributed by atoms with Crippen LogP contribution in [0.15, 0.2) is 0 Å². The molecule has 1 aliphatic rings. The summed E-state index contributed by atoms with van der Waals surface area (Å²) in [5.41, 5.74) is 5.40. The molecule has 90 valence electrons. The van der Waals surface area contributed by atoms with Gasteiger partial charge in [0.15, 0.2) is 0 Å². The second-order valence-corrected chi connectivity index (χ2v) is 5.21. The number of hydrogen-bond donors (Lipinski definition) is 2. The van der Waals surface area contributed by atoms with Crippen molar-refractivity contribution < 1.29 is 14.6 Å². The van der Waals surface area contributed by atoms with E-state index in [-0.39, 0.29) is 11.7 Å². The van der Waals surface area contributed by atoms with E-state index in [1.807, 2.05) is 20.8 Å². The molecule has 1 unspecified atom stereocenters. The van der Waals surface area contributed by atoms with Gasteiger partial charge in [-0.1, -0.05) is 0 Å². The van der Waals surface area contributed by atoms with Gasteiger partial charge in [0.1, 0.15) is 0 Å². The predicted molar refractivity (Wildman–Crippen MR) is 58.2 cm³/mol. The molecule has 0 aromatic carbocycles. The Bertz CT molecular complexity index is 183. The molecular formula is C11H23NO3. The SMILES string of the molecule is CC(C)(C)OC(O)O[C@H]1CC[C@H](N)CC1. The van der Waals surface area contributed by atoms with E-state index in [4.69, 9.17) is 15.2 Å². The smallest absolute Gasteiger partial charge is 0.269 e. The van der Waals surface area contributed by atoms with E-state index < -0.39 is 6.48 Å². The fraction of sp³-hybridized carbons (Fsp3) is 1.00. The minimum Gasteiger partial charge on any atom is -0.346 e. The van der Waals surface area contributed by atoms with Gasteiger partial charge in [0.05, 0.1) is 11.7 Å². The van der Waals surface area contributed by atoms with Crippen LogP contribution in [0.2, 0.25) is 0 Å². The van der Waals surface area contributed by atoms with Crippen molar-refractivity contribution in [1.82, 2.24) is 0 Å². The second kappa shape index (κ2) is 5.25. The molecule has 1 atom stereocenters. The van der Waals surface area contributed by atoms with E-state index in [0.717, 1.165) is 25.7 Å². The Morgan fingerprint density at radius 3 is 2.20 bits per heavy atom. The summed E-state index contributed by atoms with van der Waals surface area (Å²) < 4.78 is 10.7. The average molecular weight is 217 g/mol. The zero-order valence-electron chi connectivity index (χ0n) is 9.90. The molecule has 1 aliphatic carbocycles. The molecule has 1 saturated carbocycles. The maximum Gasteiger partial charge on any atom is 0.269 e. The third kappa shape index (κ3) is 5.47. The first kappa shape index (κ1) is 12.9. The van der Waals surface area contributed by atoms with Crippen LogP contribution in [-0.4, -0.2) is 29.3 Å². The van der Waals surface area contributed by atoms with E-state index in [2.05, 4.69) is 0 Å². The third-order valence-electron chi connectivity index (χ3n) is 2.48. The van der Waals surface area contributed by atoms with Crippen molar-refractivity contribution in [3.05, 3.63) is 0 Å². The van der Waals surface area contributed by atoms with Gasteiger partial charge in [-0.25, -0.2) is 0 Å². The van der Waals surface area contributed by atoms with Crippen LogP contribution in [0.5, 0.6) is 0 Å². The van der Waals surface area contributed by atoms with Gasteiger partial charge in [0.2, 0.25) is 0 Å². The van der Waals surface area contributed by atoms with Gasteiger partial charge in [-0.2, -0.15) is 0 Å². The molecule has 1 fully saturated rings. The molecule has 4 heteroatoms. The average Bonchev–Trinajstić information content (AvgIpc) is 2.05. The summed E-state index contributed by atoms with van der Waals surface area (Å²) in [5.74, 6) is 0. The maximum atomic E-state index is 9.53. The van der Waals surface area contributed by atoms with Crippen molar-refractivity contribution in [1.29, 1.82) is 0 Å². The molecule has 0 amide bonds. The van der Waals surface area contributed by atoms with Crippen LogP contribution in [0.3, 0.4) is 0 Å². The van der Waals surface area contributed by atoms with E-state index >= 15 is 0 Å². The van der Waals surface area contributed by atoms with Crippen LogP contribution >= 0.6 is 0 Å². The maximum absolute atomic E-state index is 9.53. The fourth-order valence-electron chi connectivity index (χ4n) is 1.72. The van der Waals surface area contributed by atoms with Crippen LogP contribution in [0.25, 0.3) is 0 Å². The summed E-state index contributed by atoms with van der Waals surface area (Å²) in [5, 5.41) is 9.53. The van der Waals surface area contributed by atoms with Crippen LogP contribution in [0.4, 0.5) is 0 Å². The van der Waals surface area contributed by atoms with E-state index in [1.165, 1.54) is 0 Å². The minimum atomic E-state index is -1.12. The number of hydrogen-bond acceptors (Lipinski definition) is 4. The van der Waals surface area contributed by atoms with Crippen molar-refractivity contribution in [2.45, 2.75) is 70.7 Å². The Balaban J connectivity index is 2.23. The van der Waals surface area contributed by atoms with Crippen molar-refractivity contribution in [3.63, 3.8) is 0 Å². The Morgan fingerprint density at radius 2 is 1.73 bits per heavy atom. The molecule has 1 rings (SSSR count). The molecule has 0 spiro atoms. The van der Waals surface area contributed by atoms with E-state index in [9.17, 15) is 5.11 Å². The molecule has 0 bridgehead atoms. The monoisotopic (exact) mass is 217 g/mol. The van der Waals surface area contributed by atoms with Gasteiger partial charge in [0, 0.05) is 6.04 Å². The first-order valence-corrected chi connectivity index (χ1v) is 5.64. The van der Waals surface area contributed by atoms with Gasteiger partial charge in [0.25, 0.3) is 6.48 Å². The van der Waals surface area contributed by atoms with Gasteiger partial charge >= 0.3 is 0 Å². The molecule has 0 aliphatic heterocycles. The lowest BCUT2D eigenvalue weighted by atomic mass is 9.94. The molecule has 0 heterocycles. The van der Waals surface area contributed by atoms with Crippen LogP contribution in [-0.2, 0) is 9.47 Å². The summed E-state index contributed by atoms with van der Waals surface area (Å²) in [7, 11) is 0. The molecule has 0 aromatic heterocycles. The zero-order valence-corrected chi connectivity index (χ0v) is 9.90. The van der Waals surface area contributed by atoms with Crippen molar-refractivity contribution >= 4 is 0 Å². The van der Waals surface area contributed by atoms with Crippen LogP contribution in [0, 0.1) is 0 Å².